The summed E-state index contributed by atoms with van der Waals surface area (Å²) in [5.41, 5.74) is 1.72. The Morgan fingerprint density at radius 2 is 1.85 bits per heavy atom. The van der Waals surface area contributed by atoms with Crippen molar-refractivity contribution in [3.63, 3.8) is 0 Å². The number of amides is 1. The molecule has 6 nitrogen and oxygen atoms in total. The molecule has 1 atom stereocenters. The third-order valence-corrected chi connectivity index (χ3v) is 4.98. The van der Waals surface area contributed by atoms with Gasteiger partial charge < -0.3 is 10.4 Å². The maximum absolute atomic E-state index is 12.6. The minimum Gasteiger partial charge on any atom is -0.394 e. The van der Waals surface area contributed by atoms with Gasteiger partial charge in [-0.3, -0.25) is 14.4 Å². The molecule has 0 aliphatic carbocycles. The molecule has 1 saturated heterocycles. The molecule has 1 aliphatic heterocycles. The van der Waals surface area contributed by atoms with Crippen LogP contribution in [0.25, 0.3) is 0 Å². The smallest absolute Gasteiger partial charge is 0.269 e. The molecule has 2 heterocycles. The van der Waals surface area contributed by atoms with Gasteiger partial charge in [0.2, 0.25) is 0 Å². The Bertz CT molecular complexity index is 678. The highest BCUT2D eigenvalue weighted by atomic mass is 16.3. The van der Waals surface area contributed by atoms with Crippen LogP contribution in [-0.4, -0.2) is 51.9 Å². The van der Waals surface area contributed by atoms with Gasteiger partial charge in [0.05, 0.1) is 19.2 Å². The molecule has 1 aromatic carbocycles. The SMILES string of the molecule is O=C(NCC(c1ccccc1)N1CCCCCC1)c1ccnn1CCO. The minimum absolute atomic E-state index is 0.0393. The van der Waals surface area contributed by atoms with E-state index in [-0.39, 0.29) is 18.6 Å². The number of aliphatic hydroxyl groups is 1. The van der Waals surface area contributed by atoms with Crippen molar-refractivity contribution in [2.24, 2.45) is 0 Å². The Kier molecular flexibility index (Phi) is 6.80. The third-order valence-electron chi connectivity index (χ3n) is 4.98. The van der Waals surface area contributed by atoms with Crippen LogP contribution in [0.4, 0.5) is 0 Å². The lowest BCUT2D eigenvalue weighted by Crippen LogP contribution is -2.39. The zero-order chi connectivity index (χ0) is 18.2. The van der Waals surface area contributed by atoms with Gasteiger partial charge in [0.15, 0.2) is 0 Å². The van der Waals surface area contributed by atoms with Crippen LogP contribution in [0.3, 0.4) is 0 Å². The summed E-state index contributed by atoms with van der Waals surface area (Å²) in [5.74, 6) is -0.147. The second-order valence-electron chi connectivity index (χ2n) is 6.75. The van der Waals surface area contributed by atoms with Crippen LogP contribution < -0.4 is 5.32 Å². The van der Waals surface area contributed by atoms with Gasteiger partial charge >= 0.3 is 0 Å². The molecule has 26 heavy (non-hydrogen) atoms. The van der Waals surface area contributed by atoms with E-state index in [1.165, 1.54) is 31.2 Å². The molecule has 2 aromatic rings. The lowest BCUT2D eigenvalue weighted by atomic mass is 10.0. The van der Waals surface area contributed by atoms with E-state index in [1.807, 2.05) is 6.07 Å². The van der Waals surface area contributed by atoms with E-state index >= 15 is 0 Å². The summed E-state index contributed by atoms with van der Waals surface area (Å²) in [6, 6.07) is 12.3. The molecule has 140 valence electrons. The fourth-order valence-corrected chi connectivity index (χ4v) is 3.62. The van der Waals surface area contributed by atoms with Crippen LogP contribution in [0.15, 0.2) is 42.6 Å². The molecule has 6 heteroatoms. The van der Waals surface area contributed by atoms with Crippen LogP contribution in [0.1, 0.15) is 47.8 Å². The molecule has 3 rings (SSSR count). The first-order valence-electron chi connectivity index (χ1n) is 9.49. The third kappa shape index (κ3) is 4.71. The Labute approximate surface area is 154 Å². The molecule has 1 amide bonds. The molecule has 0 radical (unpaired) electrons. The van der Waals surface area contributed by atoms with E-state index in [0.29, 0.717) is 18.8 Å². The van der Waals surface area contributed by atoms with Gasteiger partial charge in [-0.15, -0.1) is 0 Å². The number of likely N-dealkylation sites (tertiary alicyclic amines) is 1. The summed E-state index contributed by atoms with van der Waals surface area (Å²) in [6.45, 7) is 2.98. The van der Waals surface area contributed by atoms with Crippen molar-refractivity contribution in [1.29, 1.82) is 0 Å². The average molecular weight is 356 g/mol. The fraction of sp³-hybridized carbons (Fsp3) is 0.500. The number of hydrogen-bond donors (Lipinski definition) is 2. The van der Waals surface area contributed by atoms with Gasteiger partial charge in [-0.2, -0.15) is 5.10 Å². The maximum Gasteiger partial charge on any atom is 0.269 e. The van der Waals surface area contributed by atoms with Crippen molar-refractivity contribution in [1.82, 2.24) is 20.0 Å². The Morgan fingerprint density at radius 3 is 2.54 bits per heavy atom. The number of rotatable bonds is 7. The van der Waals surface area contributed by atoms with Crippen LogP contribution in [0.2, 0.25) is 0 Å². The van der Waals surface area contributed by atoms with E-state index in [1.54, 1.807) is 16.9 Å². The fourth-order valence-electron chi connectivity index (χ4n) is 3.62. The van der Waals surface area contributed by atoms with Gasteiger partial charge in [0.1, 0.15) is 5.69 Å². The lowest BCUT2D eigenvalue weighted by molar-refractivity contribution is 0.0921. The molecule has 0 bridgehead atoms. The average Bonchev–Trinajstić information content (AvgIpc) is 2.97. The summed E-state index contributed by atoms with van der Waals surface area (Å²) < 4.78 is 1.54. The molecule has 1 aromatic heterocycles. The topological polar surface area (TPSA) is 70.4 Å². The van der Waals surface area contributed by atoms with Crippen LogP contribution >= 0.6 is 0 Å². The predicted molar refractivity (Wildman–Crippen MR) is 101 cm³/mol. The molecule has 1 aliphatic rings. The summed E-state index contributed by atoms with van der Waals surface area (Å²) in [4.78, 5) is 15.1. The standard InChI is InChI=1S/C20H28N4O2/c25-15-14-24-18(10-11-22-24)20(26)21-16-19(17-8-4-3-5-9-17)23-12-6-1-2-7-13-23/h3-5,8-11,19,25H,1-2,6-7,12-16H2,(H,21,26). The van der Waals surface area contributed by atoms with E-state index < -0.39 is 0 Å². The van der Waals surface area contributed by atoms with E-state index in [9.17, 15) is 4.79 Å². The van der Waals surface area contributed by atoms with Crippen LogP contribution in [0.5, 0.6) is 0 Å². The molecular formula is C20H28N4O2. The molecule has 1 fully saturated rings. The summed E-state index contributed by atoms with van der Waals surface area (Å²) in [5, 5.41) is 16.3. The predicted octanol–water partition coefficient (Wildman–Crippen LogP) is 2.22. The highest BCUT2D eigenvalue weighted by Gasteiger charge is 2.23. The van der Waals surface area contributed by atoms with Crippen molar-refractivity contribution in [3.8, 4) is 0 Å². The molecule has 0 spiro atoms. The first-order chi connectivity index (χ1) is 12.8. The van der Waals surface area contributed by atoms with Crippen molar-refractivity contribution in [2.45, 2.75) is 38.3 Å². The molecule has 0 saturated carbocycles. The number of benzene rings is 1. The minimum atomic E-state index is -0.147. The summed E-state index contributed by atoms with van der Waals surface area (Å²) in [6.07, 6.45) is 6.57. The molecule has 2 N–H and O–H groups in total. The zero-order valence-electron chi connectivity index (χ0n) is 15.2. The van der Waals surface area contributed by atoms with Gasteiger partial charge in [-0.1, -0.05) is 43.2 Å². The van der Waals surface area contributed by atoms with Gasteiger partial charge in [-0.25, -0.2) is 0 Å². The van der Waals surface area contributed by atoms with Gasteiger partial charge in [0.25, 0.3) is 5.91 Å². The molecular weight excluding hydrogens is 328 g/mol. The second kappa shape index (κ2) is 9.50. The Balaban J connectivity index is 1.71. The maximum atomic E-state index is 12.6. The number of hydrogen-bond acceptors (Lipinski definition) is 4. The highest BCUT2D eigenvalue weighted by Crippen LogP contribution is 2.23. The molecule has 1 unspecified atom stereocenters. The number of nitrogens with zero attached hydrogens (tertiary/aromatic N) is 3. The Morgan fingerprint density at radius 1 is 1.12 bits per heavy atom. The number of carbonyl (C=O) groups is 1. The van der Waals surface area contributed by atoms with Gasteiger partial charge in [-0.05, 0) is 37.6 Å². The van der Waals surface area contributed by atoms with Gasteiger partial charge in [0, 0.05) is 12.7 Å². The Hall–Kier alpha value is -2.18. The number of nitrogens with one attached hydrogen (secondary N) is 1. The summed E-state index contributed by atoms with van der Waals surface area (Å²) >= 11 is 0. The quantitative estimate of drug-likeness (QED) is 0.798. The normalized spacial score (nSPS) is 16.8. The largest absolute Gasteiger partial charge is 0.394 e. The van der Waals surface area contributed by atoms with Crippen molar-refractivity contribution in [3.05, 3.63) is 53.9 Å². The lowest BCUT2D eigenvalue weighted by Gasteiger charge is -2.31. The summed E-state index contributed by atoms with van der Waals surface area (Å²) in [7, 11) is 0. The van der Waals surface area contributed by atoms with E-state index in [4.69, 9.17) is 5.11 Å². The highest BCUT2D eigenvalue weighted by molar-refractivity contribution is 5.92. The first kappa shape index (κ1) is 18.6. The van der Waals surface area contributed by atoms with E-state index in [2.05, 4.69) is 39.6 Å². The first-order valence-corrected chi connectivity index (χ1v) is 9.49. The monoisotopic (exact) mass is 356 g/mol. The van der Waals surface area contributed by atoms with E-state index in [0.717, 1.165) is 13.1 Å². The van der Waals surface area contributed by atoms with Crippen molar-refractivity contribution in [2.75, 3.05) is 26.2 Å². The van der Waals surface area contributed by atoms with Crippen LogP contribution in [0, 0.1) is 0 Å². The number of aromatic nitrogens is 2. The number of carbonyl (C=O) groups excluding carboxylic acids is 1. The second-order valence-corrected chi connectivity index (χ2v) is 6.75. The van der Waals surface area contributed by atoms with Crippen molar-refractivity contribution < 1.29 is 9.90 Å². The number of aliphatic hydroxyl groups excluding tert-OH is 1. The van der Waals surface area contributed by atoms with Crippen LogP contribution in [-0.2, 0) is 6.54 Å². The van der Waals surface area contributed by atoms with Crippen molar-refractivity contribution >= 4 is 5.91 Å². The zero-order valence-corrected chi connectivity index (χ0v) is 15.2.